The van der Waals surface area contributed by atoms with Crippen molar-refractivity contribution in [1.29, 1.82) is 0 Å². The monoisotopic (exact) mass is 476 g/mol. The molecule has 0 unspecified atom stereocenters. The molecule has 0 atom stereocenters. The van der Waals surface area contributed by atoms with Crippen molar-refractivity contribution in [2.75, 3.05) is 19.6 Å². The second kappa shape index (κ2) is 11.1. The van der Waals surface area contributed by atoms with Crippen LogP contribution >= 0.6 is 24.0 Å². The van der Waals surface area contributed by atoms with Gasteiger partial charge in [-0.2, -0.15) is 13.2 Å². The van der Waals surface area contributed by atoms with Gasteiger partial charge in [0.2, 0.25) is 5.91 Å². The van der Waals surface area contributed by atoms with Crippen LogP contribution in [0.2, 0.25) is 0 Å². The summed E-state index contributed by atoms with van der Waals surface area (Å²) in [4.78, 5) is 14.8. The average Bonchev–Trinajstić information content (AvgIpc) is 2.48. The minimum absolute atomic E-state index is 0. The summed E-state index contributed by atoms with van der Waals surface area (Å²) in [6.07, 6.45) is -4.65. The van der Waals surface area contributed by atoms with E-state index in [1.165, 1.54) is 6.92 Å². The summed E-state index contributed by atoms with van der Waals surface area (Å²) in [5.41, 5.74) is -1.16. The second-order valence-electron chi connectivity index (χ2n) is 4.90. The highest BCUT2D eigenvalue weighted by atomic mass is 127. The highest BCUT2D eigenvalue weighted by molar-refractivity contribution is 14.0. The smallest absolute Gasteiger partial charge is 0.357 e. The van der Waals surface area contributed by atoms with Gasteiger partial charge in [0.05, 0.1) is 12.1 Å². The molecule has 5 nitrogen and oxygen atoms in total. The first-order valence-corrected chi connectivity index (χ1v) is 7.36. The van der Waals surface area contributed by atoms with Crippen molar-refractivity contribution in [3.8, 4) is 0 Å². The number of guanidine groups is 1. The highest BCUT2D eigenvalue weighted by Crippen LogP contribution is 2.32. The number of aliphatic imine (C=N–C) groups is 1. The third kappa shape index (κ3) is 8.89. The lowest BCUT2D eigenvalue weighted by molar-refractivity contribution is -0.138. The van der Waals surface area contributed by atoms with E-state index in [0.717, 1.165) is 12.1 Å². The minimum atomic E-state index is -4.65. The van der Waals surface area contributed by atoms with Gasteiger partial charge in [0.1, 0.15) is 5.82 Å². The molecule has 10 heteroatoms. The summed E-state index contributed by atoms with van der Waals surface area (Å²) in [5, 5.41) is 8.34. The Bertz CT molecular complexity index is 593. The van der Waals surface area contributed by atoms with Gasteiger partial charge < -0.3 is 16.0 Å². The molecule has 0 saturated heterocycles. The predicted molar refractivity (Wildman–Crippen MR) is 98.3 cm³/mol. The van der Waals surface area contributed by atoms with Crippen molar-refractivity contribution in [3.05, 3.63) is 35.1 Å². The Morgan fingerprint density at radius 2 is 1.80 bits per heavy atom. The summed E-state index contributed by atoms with van der Waals surface area (Å²) in [6.45, 7) is 4.16. The van der Waals surface area contributed by atoms with Crippen LogP contribution in [0.15, 0.2) is 23.2 Å². The standard InChI is InChI=1S/C15H20F4N4O.HI/c1-3-20-14(22-7-6-21-10(2)24)23-9-11-4-5-12(16)8-13(11)15(17,18)19;/h4-5,8H,3,6-7,9H2,1-2H3,(H,21,24)(H2,20,22,23);1H. The van der Waals surface area contributed by atoms with Gasteiger partial charge in [0.25, 0.3) is 0 Å². The fourth-order valence-corrected chi connectivity index (χ4v) is 1.88. The van der Waals surface area contributed by atoms with E-state index in [9.17, 15) is 22.4 Å². The molecule has 1 aromatic carbocycles. The molecular formula is C15H21F4IN4O. The summed E-state index contributed by atoms with van der Waals surface area (Å²) in [7, 11) is 0. The lowest BCUT2D eigenvalue weighted by Gasteiger charge is -2.14. The maximum absolute atomic E-state index is 13.1. The Hall–Kier alpha value is -1.59. The van der Waals surface area contributed by atoms with E-state index >= 15 is 0 Å². The number of carbonyl (C=O) groups is 1. The molecule has 0 heterocycles. The molecule has 1 rings (SSSR count). The van der Waals surface area contributed by atoms with E-state index in [1.807, 2.05) is 6.92 Å². The Kier molecular flexibility index (Phi) is 10.4. The number of hydrogen-bond donors (Lipinski definition) is 3. The molecule has 3 N–H and O–H groups in total. The van der Waals surface area contributed by atoms with Crippen LogP contribution in [0, 0.1) is 5.82 Å². The maximum atomic E-state index is 13.1. The van der Waals surface area contributed by atoms with Crippen LogP contribution in [-0.4, -0.2) is 31.5 Å². The van der Waals surface area contributed by atoms with Crippen LogP contribution in [0.1, 0.15) is 25.0 Å². The topological polar surface area (TPSA) is 65.5 Å². The molecule has 0 aliphatic rings. The van der Waals surface area contributed by atoms with Crippen molar-refractivity contribution < 1.29 is 22.4 Å². The van der Waals surface area contributed by atoms with Crippen LogP contribution in [-0.2, 0) is 17.5 Å². The van der Waals surface area contributed by atoms with E-state index < -0.39 is 17.6 Å². The number of hydrogen-bond acceptors (Lipinski definition) is 2. The number of carbonyl (C=O) groups excluding carboxylic acids is 1. The number of halogens is 5. The van der Waals surface area contributed by atoms with Crippen molar-refractivity contribution in [2.24, 2.45) is 4.99 Å². The fourth-order valence-electron chi connectivity index (χ4n) is 1.88. The van der Waals surface area contributed by atoms with E-state index in [1.54, 1.807) is 0 Å². The number of nitrogens with zero attached hydrogens (tertiary/aromatic N) is 1. The molecule has 0 spiro atoms. The zero-order chi connectivity index (χ0) is 18.2. The molecule has 0 saturated carbocycles. The van der Waals surface area contributed by atoms with Gasteiger partial charge in [-0.3, -0.25) is 4.79 Å². The first-order valence-electron chi connectivity index (χ1n) is 7.36. The average molecular weight is 476 g/mol. The lowest BCUT2D eigenvalue weighted by Crippen LogP contribution is -2.41. The van der Waals surface area contributed by atoms with Crippen molar-refractivity contribution in [1.82, 2.24) is 16.0 Å². The number of nitrogens with one attached hydrogen (secondary N) is 3. The normalized spacial score (nSPS) is 11.5. The Balaban J connectivity index is 0.00000576. The van der Waals surface area contributed by atoms with E-state index in [-0.39, 0.29) is 42.0 Å². The molecule has 0 aliphatic carbocycles. The molecule has 1 aromatic rings. The van der Waals surface area contributed by atoms with Gasteiger partial charge in [-0.15, -0.1) is 24.0 Å². The minimum Gasteiger partial charge on any atom is -0.357 e. The van der Waals surface area contributed by atoms with E-state index in [0.29, 0.717) is 31.7 Å². The third-order valence-electron chi connectivity index (χ3n) is 2.92. The van der Waals surface area contributed by atoms with Crippen molar-refractivity contribution in [2.45, 2.75) is 26.6 Å². The third-order valence-corrected chi connectivity index (χ3v) is 2.92. The fraction of sp³-hybridized carbons (Fsp3) is 0.467. The van der Waals surface area contributed by atoms with Crippen LogP contribution in [0.25, 0.3) is 0 Å². The van der Waals surface area contributed by atoms with E-state index in [2.05, 4.69) is 20.9 Å². The van der Waals surface area contributed by atoms with Crippen LogP contribution in [0.5, 0.6) is 0 Å². The summed E-state index contributed by atoms with van der Waals surface area (Å²) in [5.74, 6) is -0.824. The quantitative estimate of drug-likeness (QED) is 0.195. The Morgan fingerprint density at radius 1 is 1.16 bits per heavy atom. The Morgan fingerprint density at radius 3 is 2.36 bits per heavy atom. The zero-order valence-electron chi connectivity index (χ0n) is 13.8. The molecule has 0 radical (unpaired) electrons. The molecule has 0 bridgehead atoms. The summed E-state index contributed by atoms with van der Waals surface area (Å²) >= 11 is 0. The number of alkyl halides is 3. The Labute approximate surface area is 160 Å². The molecule has 0 fully saturated rings. The second-order valence-corrected chi connectivity index (χ2v) is 4.90. The van der Waals surface area contributed by atoms with Crippen molar-refractivity contribution in [3.63, 3.8) is 0 Å². The van der Waals surface area contributed by atoms with Gasteiger partial charge in [0, 0.05) is 26.6 Å². The zero-order valence-corrected chi connectivity index (χ0v) is 16.2. The van der Waals surface area contributed by atoms with Gasteiger partial charge in [-0.25, -0.2) is 9.38 Å². The SMILES string of the molecule is CCNC(=NCc1ccc(F)cc1C(F)(F)F)NCCNC(C)=O.I. The molecular weight excluding hydrogens is 455 g/mol. The van der Waals surface area contributed by atoms with Gasteiger partial charge in [0.15, 0.2) is 5.96 Å². The molecule has 0 aliphatic heterocycles. The van der Waals surface area contributed by atoms with Gasteiger partial charge in [-0.1, -0.05) is 6.07 Å². The molecule has 142 valence electrons. The van der Waals surface area contributed by atoms with Crippen LogP contribution in [0.3, 0.4) is 0 Å². The summed E-state index contributed by atoms with van der Waals surface area (Å²) in [6, 6.07) is 2.50. The van der Waals surface area contributed by atoms with Crippen molar-refractivity contribution >= 4 is 35.8 Å². The number of amides is 1. The predicted octanol–water partition coefficient (Wildman–Crippen LogP) is 2.65. The first-order chi connectivity index (χ1) is 11.2. The number of rotatable bonds is 6. The number of benzene rings is 1. The molecule has 0 aromatic heterocycles. The highest BCUT2D eigenvalue weighted by Gasteiger charge is 2.33. The molecule has 1 amide bonds. The van der Waals surface area contributed by atoms with Crippen LogP contribution in [0.4, 0.5) is 17.6 Å². The van der Waals surface area contributed by atoms with E-state index in [4.69, 9.17) is 0 Å². The molecule has 25 heavy (non-hydrogen) atoms. The van der Waals surface area contributed by atoms with Crippen LogP contribution < -0.4 is 16.0 Å². The lowest BCUT2D eigenvalue weighted by atomic mass is 10.1. The largest absolute Gasteiger partial charge is 0.416 e. The summed E-state index contributed by atoms with van der Waals surface area (Å²) < 4.78 is 51.9. The van der Waals surface area contributed by atoms with Gasteiger partial charge in [-0.05, 0) is 24.6 Å². The maximum Gasteiger partial charge on any atom is 0.416 e. The first kappa shape index (κ1) is 23.4. The van der Waals surface area contributed by atoms with Gasteiger partial charge >= 0.3 is 6.18 Å².